The first kappa shape index (κ1) is 73.8. The molecule has 0 aromatic rings. The number of allylic oxidation sites excluding steroid dienone is 28. The molecule has 6 nitrogen and oxygen atoms in total. The molecule has 0 saturated heterocycles. The summed E-state index contributed by atoms with van der Waals surface area (Å²) in [4.78, 5) is 37.9. The summed E-state index contributed by atoms with van der Waals surface area (Å²) in [5.74, 6) is -0.991. The van der Waals surface area contributed by atoms with Gasteiger partial charge in [-0.1, -0.05) is 274 Å². The van der Waals surface area contributed by atoms with Crippen LogP contribution in [-0.2, 0) is 28.6 Å². The molecule has 0 aromatic carbocycles. The Hall–Kier alpha value is -5.23. The lowest BCUT2D eigenvalue weighted by Gasteiger charge is -2.18. The van der Waals surface area contributed by atoms with Crippen LogP contribution < -0.4 is 0 Å². The topological polar surface area (TPSA) is 78.9 Å². The van der Waals surface area contributed by atoms with E-state index >= 15 is 0 Å². The highest BCUT2D eigenvalue weighted by molar-refractivity contribution is 5.71. The van der Waals surface area contributed by atoms with E-state index in [1.54, 1.807) is 0 Å². The van der Waals surface area contributed by atoms with E-state index in [0.29, 0.717) is 19.3 Å². The van der Waals surface area contributed by atoms with Crippen molar-refractivity contribution < 1.29 is 28.6 Å². The van der Waals surface area contributed by atoms with Crippen LogP contribution in [0, 0.1) is 0 Å². The van der Waals surface area contributed by atoms with Crippen molar-refractivity contribution in [1.29, 1.82) is 0 Å². The first-order valence-electron chi connectivity index (χ1n) is 31.6. The molecule has 0 aromatic heterocycles. The van der Waals surface area contributed by atoms with E-state index in [2.05, 4.69) is 191 Å². The molecule has 1 unspecified atom stereocenters. The van der Waals surface area contributed by atoms with Gasteiger partial charge >= 0.3 is 17.9 Å². The second-order valence-electron chi connectivity index (χ2n) is 20.2. The second-order valence-corrected chi connectivity index (χ2v) is 20.2. The van der Waals surface area contributed by atoms with Crippen LogP contribution in [-0.4, -0.2) is 37.2 Å². The highest BCUT2D eigenvalue weighted by Crippen LogP contribution is 2.14. The molecule has 0 N–H and O–H groups in total. The predicted octanol–water partition coefficient (Wildman–Crippen LogP) is 21.9. The Morgan fingerprint density at radius 2 is 0.506 bits per heavy atom. The minimum atomic E-state index is -0.809. The van der Waals surface area contributed by atoms with E-state index in [0.717, 1.165) is 148 Å². The van der Waals surface area contributed by atoms with Crippen molar-refractivity contribution in [2.45, 2.75) is 258 Å². The maximum atomic E-state index is 12.8. The summed E-state index contributed by atoms with van der Waals surface area (Å²) in [6.07, 6.45) is 97.0. The highest BCUT2D eigenvalue weighted by Gasteiger charge is 2.19. The van der Waals surface area contributed by atoms with Gasteiger partial charge in [-0.2, -0.15) is 0 Å². The summed E-state index contributed by atoms with van der Waals surface area (Å²) in [6.45, 7) is 6.26. The Bertz CT molecular complexity index is 1820. The molecule has 1 atom stereocenters. The van der Waals surface area contributed by atoms with Crippen LogP contribution in [0.4, 0.5) is 0 Å². The van der Waals surface area contributed by atoms with Gasteiger partial charge in [0.05, 0.1) is 0 Å². The summed E-state index contributed by atoms with van der Waals surface area (Å²) in [6, 6.07) is 0. The average Bonchev–Trinajstić information content (AvgIpc) is 3.45. The second kappa shape index (κ2) is 65.3. The molecule has 0 fully saturated rings. The van der Waals surface area contributed by atoms with Crippen LogP contribution >= 0.6 is 0 Å². The van der Waals surface area contributed by atoms with Gasteiger partial charge in [0.1, 0.15) is 13.2 Å². The summed E-state index contributed by atoms with van der Waals surface area (Å²) >= 11 is 0. The summed E-state index contributed by atoms with van der Waals surface area (Å²) in [7, 11) is 0. The first-order valence-corrected chi connectivity index (χ1v) is 31.6. The standard InChI is InChI=1S/C73H114O6/c1-4-7-10-13-15-17-19-21-23-25-27-29-31-33-35-36-38-39-41-43-45-47-49-51-53-55-57-60-63-66-72(75)78-69-70(68-77-71(74)65-62-59-12-9-6-3)79-73(76)67-64-61-58-56-54-52-50-48-46-44-42-40-37-34-32-30-28-26-24-22-20-18-16-14-11-8-5-2/h7-8,10-11,15-18,21-24,27-30,33-35,37-39,43,45,49,51,55,57,70H,4-6,9,12-14,19-20,25-26,31-32,36,40-42,44,46-48,50,52-54,56,58-69H2,1-3H3/b10-7-,11-8-,17-15-,18-16-,23-21-,24-22-,29-27-,30-28-,35-33-,37-34-,39-38-,45-43-,51-49-,57-55-. The number of ether oxygens (including phenoxy) is 3. The van der Waals surface area contributed by atoms with Crippen LogP contribution in [0.15, 0.2) is 170 Å². The lowest BCUT2D eigenvalue weighted by atomic mass is 10.0. The van der Waals surface area contributed by atoms with Gasteiger partial charge in [0.2, 0.25) is 0 Å². The molecule has 0 aliphatic rings. The Labute approximate surface area is 485 Å². The Kier molecular flexibility index (Phi) is 61.0. The van der Waals surface area contributed by atoms with Crippen LogP contribution in [0.2, 0.25) is 0 Å². The molecule has 0 rings (SSSR count). The molecule has 79 heavy (non-hydrogen) atoms. The molecule has 442 valence electrons. The predicted molar refractivity (Wildman–Crippen MR) is 343 cm³/mol. The number of hydrogen-bond donors (Lipinski definition) is 0. The third-order valence-electron chi connectivity index (χ3n) is 12.7. The molecular formula is C73H114O6. The van der Waals surface area contributed by atoms with Crippen molar-refractivity contribution in [2.24, 2.45) is 0 Å². The van der Waals surface area contributed by atoms with Crippen LogP contribution in [0.1, 0.15) is 252 Å². The van der Waals surface area contributed by atoms with Crippen molar-refractivity contribution >= 4 is 17.9 Å². The van der Waals surface area contributed by atoms with Crippen LogP contribution in [0.25, 0.3) is 0 Å². The smallest absolute Gasteiger partial charge is 0.306 e. The molecular weight excluding hydrogens is 973 g/mol. The fourth-order valence-electron chi connectivity index (χ4n) is 8.06. The molecule has 0 saturated carbocycles. The van der Waals surface area contributed by atoms with E-state index in [-0.39, 0.29) is 37.5 Å². The van der Waals surface area contributed by atoms with Gasteiger partial charge in [0.15, 0.2) is 6.10 Å². The number of hydrogen-bond acceptors (Lipinski definition) is 6. The number of carbonyl (C=O) groups is 3. The average molecular weight is 1090 g/mol. The zero-order chi connectivity index (χ0) is 57.1. The molecule has 6 heteroatoms. The minimum Gasteiger partial charge on any atom is -0.462 e. The van der Waals surface area contributed by atoms with E-state index < -0.39 is 6.10 Å². The highest BCUT2D eigenvalue weighted by atomic mass is 16.6. The van der Waals surface area contributed by atoms with Crippen molar-refractivity contribution in [3.8, 4) is 0 Å². The fraction of sp³-hybridized carbons (Fsp3) is 0.575. The van der Waals surface area contributed by atoms with E-state index in [9.17, 15) is 14.4 Å². The van der Waals surface area contributed by atoms with Gasteiger partial charge in [-0.05, 0) is 128 Å². The Morgan fingerprint density at radius 3 is 0.823 bits per heavy atom. The lowest BCUT2D eigenvalue weighted by molar-refractivity contribution is -0.167. The van der Waals surface area contributed by atoms with Gasteiger partial charge in [-0.25, -0.2) is 0 Å². The van der Waals surface area contributed by atoms with Crippen molar-refractivity contribution in [3.05, 3.63) is 170 Å². The Balaban J connectivity index is 4.21. The minimum absolute atomic E-state index is 0.105. The molecule has 0 aliphatic heterocycles. The van der Waals surface area contributed by atoms with Gasteiger partial charge in [0, 0.05) is 19.3 Å². The number of carbonyl (C=O) groups excluding carboxylic acids is 3. The van der Waals surface area contributed by atoms with Crippen LogP contribution in [0.5, 0.6) is 0 Å². The molecule has 0 aliphatic carbocycles. The third-order valence-corrected chi connectivity index (χ3v) is 12.7. The number of unbranched alkanes of at least 4 members (excludes halogenated alkanes) is 16. The quantitative estimate of drug-likeness (QED) is 0.0261. The van der Waals surface area contributed by atoms with Gasteiger partial charge in [-0.15, -0.1) is 0 Å². The van der Waals surface area contributed by atoms with Gasteiger partial charge in [0.25, 0.3) is 0 Å². The first-order chi connectivity index (χ1) is 39.0. The zero-order valence-electron chi connectivity index (χ0n) is 50.6. The fourth-order valence-corrected chi connectivity index (χ4v) is 8.06. The van der Waals surface area contributed by atoms with Crippen molar-refractivity contribution in [3.63, 3.8) is 0 Å². The maximum Gasteiger partial charge on any atom is 0.306 e. The molecule has 0 radical (unpaired) electrons. The number of rotatable bonds is 55. The van der Waals surface area contributed by atoms with E-state index in [4.69, 9.17) is 14.2 Å². The largest absolute Gasteiger partial charge is 0.462 e. The maximum absolute atomic E-state index is 12.8. The number of esters is 3. The molecule has 0 spiro atoms. The van der Waals surface area contributed by atoms with E-state index in [1.807, 2.05) is 0 Å². The molecule has 0 heterocycles. The zero-order valence-corrected chi connectivity index (χ0v) is 50.6. The van der Waals surface area contributed by atoms with Gasteiger partial charge in [-0.3, -0.25) is 14.4 Å². The summed E-state index contributed by atoms with van der Waals surface area (Å²) in [5.41, 5.74) is 0. The molecule has 0 amide bonds. The van der Waals surface area contributed by atoms with Crippen molar-refractivity contribution in [1.82, 2.24) is 0 Å². The van der Waals surface area contributed by atoms with E-state index in [1.165, 1.54) is 57.8 Å². The van der Waals surface area contributed by atoms with Gasteiger partial charge < -0.3 is 14.2 Å². The summed E-state index contributed by atoms with van der Waals surface area (Å²) in [5, 5.41) is 0. The monoisotopic (exact) mass is 1090 g/mol. The lowest BCUT2D eigenvalue weighted by Crippen LogP contribution is -2.30. The normalized spacial score (nSPS) is 13.3. The molecule has 0 bridgehead atoms. The Morgan fingerprint density at radius 1 is 0.266 bits per heavy atom. The SMILES string of the molecule is CC/C=C\C/C=C\C/C=C\C/C=C\C/C=C\C/C=C\C/C=C\C/C=C\C/C=C\CCCC(=O)OCC(COC(=O)CCCCCCC)OC(=O)CCCCCCCCCCCCC/C=C\C/C=C\C/C=C\C/C=C\C/C=C\CC. The van der Waals surface area contributed by atoms with Crippen molar-refractivity contribution in [2.75, 3.05) is 13.2 Å². The third kappa shape index (κ3) is 63.5. The van der Waals surface area contributed by atoms with Crippen LogP contribution in [0.3, 0.4) is 0 Å². The summed E-state index contributed by atoms with van der Waals surface area (Å²) < 4.78 is 16.7.